The molecule has 0 amide bonds. The molecule has 0 spiro atoms. The fourth-order valence-corrected chi connectivity index (χ4v) is 1.81. The molecule has 0 unspecified atom stereocenters. The van der Waals surface area contributed by atoms with Crippen molar-refractivity contribution < 1.29 is 26.2 Å². The summed E-state index contributed by atoms with van der Waals surface area (Å²) in [4.78, 5) is 9.64. The average Bonchev–Trinajstić information content (AvgIpc) is 1.81. The molecule has 0 radical (unpaired) electrons. The lowest BCUT2D eigenvalue weighted by molar-refractivity contribution is -0.107. The van der Waals surface area contributed by atoms with Gasteiger partial charge in [0.1, 0.15) is 6.29 Å². The van der Waals surface area contributed by atoms with E-state index in [1.165, 1.54) is 0 Å². The second-order valence-electron chi connectivity index (χ2n) is 1.64. The number of carbonyl (C=O) groups is 1. The lowest BCUT2D eigenvalue weighted by Gasteiger charge is -1.94. The van der Waals surface area contributed by atoms with Crippen molar-refractivity contribution in [2.24, 2.45) is 0 Å². The number of hydrogen-bond donors (Lipinski definition) is 1. The van der Waals surface area contributed by atoms with Crippen LogP contribution >= 0.6 is 0 Å². The second-order valence-corrected chi connectivity index (χ2v) is 6.81. The summed E-state index contributed by atoms with van der Waals surface area (Å²) in [6.07, 6.45) is -0.190. The minimum atomic E-state index is -5.06. The van der Waals surface area contributed by atoms with Gasteiger partial charge < -0.3 is 4.79 Å². The molecule has 0 rings (SSSR count). The molecular formula is C3H6O6S2. The topological polar surface area (TPSA) is 106 Å². The number of rotatable bonds is 4. The Labute approximate surface area is 63.3 Å². The van der Waals surface area contributed by atoms with Crippen molar-refractivity contribution in [1.29, 1.82) is 0 Å². The zero-order valence-electron chi connectivity index (χ0n) is 5.30. The van der Waals surface area contributed by atoms with Crippen molar-refractivity contribution in [3.8, 4) is 0 Å². The summed E-state index contributed by atoms with van der Waals surface area (Å²) in [7, 11) is -9.62. The van der Waals surface area contributed by atoms with E-state index in [0.29, 0.717) is 0 Å². The van der Waals surface area contributed by atoms with Gasteiger partial charge in [0, 0.05) is 6.42 Å². The monoisotopic (exact) mass is 202 g/mol. The highest BCUT2D eigenvalue weighted by molar-refractivity contribution is 8.64. The van der Waals surface area contributed by atoms with Crippen molar-refractivity contribution in [2.75, 3.05) is 5.75 Å². The first-order chi connectivity index (χ1) is 4.81. The van der Waals surface area contributed by atoms with Gasteiger partial charge in [-0.15, -0.1) is 0 Å². The summed E-state index contributed by atoms with van der Waals surface area (Å²) in [5.74, 6) is -0.880. The Morgan fingerprint density at radius 2 is 1.64 bits per heavy atom. The van der Waals surface area contributed by atoms with Crippen molar-refractivity contribution >= 4 is 24.3 Å². The Hall–Kier alpha value is -0.470. The minimum absolute atomic E-state index is 0.253. The number of carbonyl (C=O) groups excluding carboxylic acids is 1. The molecule has 0 aliphatic heterocycles. The summed E-state index contributed by atoms with van der Waals surface area (Å²) in [6, 6.07) is 0. The van der Waals surface area contributed by atoms with Crippen LogP contribution in [0.5, 0.6) is 0 Å². The molecule has 0 bridgehead atoms. The Kier molecular flexibility index (Phi) is 3.14. The molecule has 6 nitrogen and oxygen atoms in total. The first-order valence-corrected chi connectivity index (χ1v) is 6.06. The molecule has 0 aliphatic rings. The van der Waals surface area contributed by atoms with Crippen LogP contribution < -0.4 is 0 Å². The molecule has 8 heteroatoms. The van der Waals surface area contributed by atoms with E-state index in [0.717, 1.165) is 0 Å². The standard InChI is InChI=1S/C3H6O6S2/c4-2-1-3-10(5,6)11(7,8)9/h2H,1,3H2,(H,7,8,9). The fourth-order valence-electron chi connectivity index (χ4n) is 0.298. The molecule has 66 valence electrons. The third-order valence-corrected chi connectivity index (χ3v) is 4.61. The Morgan fingerprint density at radius 3 is 1.91 bits per heavy atom. The number of hydrogen-bond acceptors (Lipinski definition) is 5. The molecule has 0 aromatic heterocycles. The van der Waals surface area contributed by atoms with E-state index < -0.39 is 30.2 Å². The third kappa shape index (κ3) is 2.95. The summed E-state index contributed by atoms with van der Waals surface area (Å²) in [5.41, 5.74) is 0. The summed E-state index contributed by atoms with van der Waals surface area (Å²) >= 11 is 0. The molecule has 0 aliphatic carbocycles. The molecule has 0 saturated carbocycles. The minimum Gasteiger partial charge on any atom is -0.303 e. The van der Waals surface area contributed by atoms with Crippen LogP contribution in [0.4, 0.5) is 0 Å². The van der Waals surface area contributed by atoms with Gasteiger partial charge in [0.05, 0.1) is 5.75 Å². The van der Waals surface area contributed by atoms with Gasteiger partial charge in [-0.05, 0) is 0 Å². The van der Waals surface area contributed by atoms with E-state index in [2.05, 4.69) is 0 Å². The summed E-state index contributed by atoms with van der Waals surface area (Å²) < 4.78 is 48.9. The molecule has 0 atom stereocenters. The van der Waals surface area contributed by atoms with Crippen LogP contribution in [-0.4, -0.2) is 33.4 Å². The van der Waals surface area contributed by atoms with Crippen LogP contribution in [0.1, 0.15) is 6.42 Å². The van der Waals surface area contributed by atoms with Crippen LogP contribution in [0, 0.1) is 0 Å². The largest absolute Gasteiger partial charge is 0.372 e. The zero-order chi connectivity index (χ0) is 9.12. The molecule has 0 aromatic rings. The maximum atomic E-state index is 10.4. The van der Waals surface area contributed by atoms with Crippen LogP contribution in [0.2, 0.25) is 0 Å². The molecular weight excluding hydrogens is 196 g/mol. The normalized spacial score (nSPS) is 12.8. The van der Waals surface area contributed by atoms with Crippen LogP contribution in [0.3, 0.4) is 0 Å². The van der Waals surface area contributed by atoms with Crippen LogP contribution in [0.15, 0.2) is 0 Å². The first kappa shape index (κ1) is 10.5. The molecule has 11 heavy (non-hydrogen) atoms. The van der Waals surface area contributed by atoms with E-state index in [1.54, 1.807) is 0 Å². The van der Waals surface area contributed by atoms with Crippen LogP contribution in [0.25, 0.3) is 0 Å². The zero-order valence-corrected chi connectivity index (χ0v) is 6.93. The van der Waals surface area contributed by atoms with Gasteiger partial charge in [-0.2, -0.15) is 8.42 Å². The predicted octanol–water partition coefficient (Wildman–Crippen LogP) is -1.21. The maximum Gasteiger partial charge on any atom is 0.372 e. The van der Waals surface area contributed by atoms with E-state index >= 15 is 0 Å². The summed E-state index contributed by atoms with van der Waals surface area (Å²) in [6.45, 7) is 0. The highest BCUT2D eigenvalue weighted by atomic mass is 33.2. The van der Waals surface area contributed by atoms with Gasteiger partial charge in [0.25, 0.3) is 8.87 Å². The van der Waals surface area contributed by atoms with E-state index in [9.17, 15) is 21.6 Å². The van der Waals surface area contributed by atoms with Gasteiger partial charge in [0.15, 0.2) is 0 Å². The Morgan fingerprint density at radius 1 is 1.18 bits per heavy atom. The van der Waals surface area contributed by atoms with Crippen molar-refractivity contribution in [3.63, 3.8) is 0 Å². The SMILES string of the molecule is O=CCCS(=O)(=O)S(=O)(=O)O. The lowest BCUT2D eigenvalue weighted by Crippen LogP contribution is -2.17. The smallest absolute Gasteiger partial charge is 0.303 e. The second kappa shape index (κ2) is 3.28. The first-order valence-electron chi connectivity index (χ1n) is 2.45. The van der Waals surface area contributed by atoms with Gasteiger partial charge in [0.2, 0.25) is 0 Å². The van der Waals surface area contributed by atoms with Gasteiger partial charge in [-0.3, -0.25) is 4.55 Å². The quantitative estimate of drug-likeness (QED) is 0.348. The van der Waals surface area contributed by atoms with Crippen molar-refractivity contribution in [1.82, 2.24) is 0 Å². The average molecular weight is 202 g/mol. The predicted molar refractivity (Wildman–Crippen MR) is 36.0 cm³/mol. The van der Waals surface area contributed by atoms with Gasteiger partial charge in [-0.25, -0.2) is 8.42 Å². The fraction of sp³-hybridized carbons (Fsp3) is 0.667. The molecule has 0 heterocycles. The van der Waals surface area contributed by atoms with E-state index in [4.69, 9.17) is 4.55 Å². The van der Waals surface area contributed by atoms with Gasteiger partial charge in [-0.1, -0.05) is 0 Å². The third-order valence-electron chi connectivity index (χ3n) is 0.807. The van der Waals surface area contributed by atoms with Crippen LogP contribution in [-0.2, 0) is 22.8 Å². The Balaban J connectivity index is 4.65. The number of aldehydes is 1. The highest BCUT2D eigenvalue weighted by Gasteiger charge is 2.25. The molecule has 0 fully saturated rings. The molecule has 0 aromatic carbocycles. The highest BCUT2D eigenvalue weighted by Crippen LogP contribution is 2.00. The molecule has 0 saturated heterocycles. The molecule has 1 N–H and O–H groups in total. The van der Waals surface area contributed by atoms with E-state index in [-0.39, 0.29) is 6.29 Å². The van der Waals surface area contributed by atoms with Gasteiger partial charge >= 0.3 is 9.15 Å². The lowest BCUT2D eigenvalue weighted by atomic mass is 10.6. The summed E-state index contributed by atoms with van der Waals surface area (Å²) in [5, 5.41) is 0. The van der Waals surface area contributed by atoms with Crippen molar-refractivity contribution in [2.45, 2.75) is 6.42 Å². The van der Waals surface area contributed by atoms with Crippen molar-refractivity contribution in [3.05, 3.63) is 0 Å². The Bertz CT molecular complexity index is 321. The van der Waals surface area contributed by atoms with E-state index in [1.807, 2.05) is 0 Å². The maximum absolute atomic E-state index is 10.4.